The monoisotopic (exact) mass is 275 g/mol. The van der Waals surface area contributed by atoms with Gasteiger partial charge in [0.1, 0.15) is 28.6 Å². The molecule has 0 saturated carbocycles. The van der Waals surface area contributed by atoms with Crippen molar-refractivity contribution in [3.05, 3.63) is 23.8 Å². The van der Waals surface area contributed by atoms with Gasteiger partial charge in [-0.25, -0.2) is 0 Å². The minimum Gasteiger partial charge on any atom is -0.386 e. The van der Waals surface area contributed by atoms with Crippen LogP contribution in [0, 0.1) is 6.92 Å². The van der Waals surface area contributed by atoms with Gasteiger partial charge in [0.05, 0.1) is 5.69 Å². The molecule has 0 spiro atoms. The summed E-state index contributed by atoms with van der Waals surface area (Å²) in [6.07, 6.45) is 0. The molecule has 0 saturated heterocycles. The number of hydrogen-bond acceptors (Lipinski definition) is 3. The summed E-state index contributed by atoms with van der Waals surface area (Å²) in [5.41, 5.74) is 3.07. The minimum absolute atomic E-state index is 0.881. The highest BCUT2D eigenvalue weighted by Crippen LogP contribution is 2.26. The van der Waals surface area contributed by atoms with Crippen LogP contribution >= 0.6 is 22.9 Å². The van der Waals surface area contributed by atoms with E-state index in [1.165, 1.54) is 5.56 Å². The summed E-state index contributed by atoms with van der Waals surface area (Å²) in [5, 5.41) is 7.04. The highest BCUT2D eigenvalue weighted by atomic mass is 127. The molecular weight excluding hydrogens is 265 g/mol. The van der Waals surface area contributed by atoms with Crippen LogP contribution in [0.1, 0.15) is 5.56 Å². The standard InChI is InChI=1S/C8H10IN3/c1-6-3-4-7(10-2)8(5-6)11-12-9/h3-5,10H,1-2H3. The Morgan fingerprint density at radius 1 is 1.42 bits per heavy atom. The van der Waals surface area contributed by atoms with E-state index in [4.69, 9.17) is 0 Å². The molecule has 1 rings (SSSR count). The van der Waals surface area contributed by atoms with E-state index in [9.17, 15) is 0 Å². The average molecular weight is 275 g/mol. The molecule has 0 heterocycles. The zero-order chi connectivity index (χ0) is 8.97. The third-order valence-electron chi connectivity index (χ3n) is 1.57. The van der Waals surface area contributed by atoms with Crippen LogP contribution in [-0.2, 0) is 0 Å². The Hall–Kier alpha value is -0.650. The number of benzene rings is 1. The lowest BCUT2D eigenvalue weighted by Crippen LogP contribution is -1.87. The molecule has 0 unspecified atom stereocenters. The van der Waals surface area contributed by atoms with Gasteiger partial charge in [-0.3, -0.25) is 0 Å². The molecule has 0 aliphatic heterocycles. The van der Waals surface area contributed by atoms with Gasteiger partial charge in [-0.05, 0) is 24.6 Å². The summed E-state index contributed by atoms with van der Waals surface area (Å²) in [6, 6.07) is 6.03. The molecule has 0 aliphatic rings. The van der Waals surface area contributed by atoms with Gasteiger partial charge in [-0.15, -0.1) is 8.44 Å². The van der Waals surface area contributed by atoms with E-state index in [1.807, 2.05) is 55.0 Å². The Kier molecular flexibility index (Phi) is 3.46. The fourth-order valence-electron chi connectivity index (χ4n) is 0.977. The predicted octanol–water partition coefficient (Wildman–Crippen LogP) is 3.47. The van der Waals surface area contributed by atoms with E-state index in [0.29, 0.717) is 0 Å². The van der Waals surface area contributed by atoms with Crippen molar-refractivity contribution in [2.24, 2.45) is 8.44 Å². The number of halogens is 1. The third kappa shape index (κ3) is 2.17. The van der Waals surface area contributed by atoms with E-state index in [2.05, 4.69) is 13.8 Å². The Morgan fingerprint density at radius 2 is 2.17 bits per heavy atom. The number of nitrogens with zero attached hydrogens (tertiary/aromatic N) is 2. The van der Waals surface area contributed by atoms with E-state index < -0.39 is 0 Å². The van der Waals surface area contributed by atoms with Crippen molar-refractivity contribution in [2.45, 2.75) is 6.92 Å². The zero-order valence-corrected chi connectivity index (χ0v) is 9.16. The number of aryl methyl sites for hydroxylation is 1. The van der Waals surface area contributed by atoms with Gasteiger partial charge in [-0.1, -0.05) is 6.07 Å². The van der Waals surface area contributed by atoms with Crippen molar-refractivity contribution in [3.8, 4) is 0 Å². The highest BCUT2D eigenvalue weighted by Gasteiger charge is 1.98. The molecule has 0 fully saturated rings. The second kappa shape index (κ2) is 4.39. The van der Waals surface area contributed by atoms with Crippen LogP contribution in [0.4, 0.5) is 11.4 Å². The fraction of sp³-hybridized carbons (Fsp3) is 0.250. The van der Waals surface area contributed by atoms with Crippen molar-refractivity contribution < 1.29 is 0 Å². The van der Waals surface area contributed by atoms with Crippen molar-refractivity contribution >= 4 is 34.2 Å². The minimum atomic E-state index is 0.881. The quantitative estimate of drug-likeness (QED) is 0.651. The summed E-state index contributed by atoms with van der Waals surface area (Å²) in [6.45, 7) is 2.03. The SMILES string of the molecule is CNc1ccc(C)cc1N=NI. The number of hydrogen-bond donors (Lipinski definition) is 1. The van der Waals surface area contributed by atoms with Crippen LogP contribution in [-0.4, -0.2) is 7.05 Å². The molecule has 64 valence electrons. The molecule has 0 bridgehead atoms. The molecule has 1 aromatic rings. The molecule has 0 aliphatic carbocycles. The van der Waals surface area contributed by atoms with Crippen molar-refractivity contribution in [2.75, 3.05) is 12.4 Å². The normalized spacial score (nSPS) is 10.6. The van der Waals surface area contributed by atoms with Gasteiger partial charge in [0.25, 0.3) is 0 Å². The number of nitrogens with one attached hydrogen (secondary N) is 1. The topological polar surface area (TPSA) is 36.8 Å². The van der Waals surface area contributed by atoms with Crippen molar-refractivity contribution in [1.29, 1.82) is 0 Å². The Balaban J connectivity index is 3.12. The lowest BCUT2D eigenvalue weighted by molar-refractivity contribution is 1.32. The lowest BCUT2D eigenvalue weighted by Gasteiger charge is -2.03. The maximum absolute atomic E-state index is 3.99. The summed E-state index contributed by atoms with van der Waals surface area (Å²) >= 11 is 1.87. The first-order valence-corrected chi connectivity index (χ1v) is 4.55. The lowest BCUT2D eigenvalue weighted by atomic mass is 10.2. The second-order valence-electron chi connectivity index (χ2n) is 2.45. The Bertz CT molecular complexity index is 296. The van der Waals surface area contributed by atoms with Gasteiger partial charge in [0.2, 0.25) is 0 Å². The summed E-state index contributed by atoms with van der Waals surface area (Å²) in [4.78, 5) is 0. The van der Waals surface area contributed by atoms with Crippen LogP contribution in [0.25, 0.3) is 0 Å². The molecule has 1 aromatic carbocycles. The molecule has 4 heteroatoms. The van der Waals surface area contributed by atoms with Gasteiger partial charge >= 0.3 is 0 Å². The molecule has 1 N–H and O–H groups in total. The third-order valence-corrected chi connectivity index (χ3v) is 1.78. The Labute approximate surface area is 85.8 Å². The largest absolute Gasteiger partial charge is 0.386 e. The van der Waals surface area contributed by atoms with E-state index >= 15 is 0 Å². The smallest absolute Gasteiger partial charge is 0.111 e. The molecule has 0 amide bonds. The predicted molar refractivity (Wildman–Crippen MR) is 59.3 cm³/mol. The number of anilines is 1. The summed E-state index contributed by atoms with van der Waals surface area (Å²) in [5.74, 6) is 0. The fourth-order valence-corrected chi connectivity index (χ4v) is 1.21. The van der Waals surface area contributed by atoms with Crippen LogP contribution in [0.3, 0.4) is 0 Å². The first-order valence-electron chi connectivity index (χ1n) is 3.58. The zero-order valence-electron chi connectivity index (χ0n) is 7.00. The van der Waals surface area contributed by atoms with Crippen molar-refractivity contribution in [1.82, 2.24) is 0 Å². The van der Waals surface area contributed by atoms with Gasteiger partial charge in [0.15, 0.2) is 0 Å². The van der Waals surface area contributed by atoms with E-state index in [1.54, 1.807) is 0 Å². The summed E-state index contributed by atoms with van der Waals surface area (Å²) in [7, 11) is 1.87. The first-order chi connectivity index (χ1) is 5.77. The van der Waals surface area contributed by atoms with Crippen LogP contribution in [0.2, 0.25) is 0 Å². The molecule has 0 atom stereocenters. The van der Waals surface area contributed by atoms with Gasteiger partial charge in [0, 0.05) is 7.05 Å². The maximum atomic E-state index is 3.99. The van der Waals surface area contributed by atoms with Gasteiger partial charge < -0.3 is 5.32 Å². The molecular formula is C8H10IN3. The number of rotatable bonds is 2. The second-order valence-corrected chi connectivity index (χ2v) is 2.88. The Morgan fingerprint density at radius 3 is 2.75 bits per heavy atom. The molecule has 0 radical (unpaired) electrons. The van der Waals surface area contributed by atoms with Crippen LogP contribution in [0.15, 0.2) is 26.6 Å². The van der Waals surface area contributed by atoms with E-state index in [0.717, 1.165) is 11.4 Å². The molecule has 12 heavy (non-hydrogen) atoms. The average Bonchev–Trinajstić information content (AvgIpc) is 2.05. The highest BCUT2D eigenvalue weighted by molar-refractivity contribution is 14.1. The summed E-state index contributed by atoms with van der Waals surface area (Å²) < 4.78 is 3.71. The van der Waals surface area contributed by atoms with Crippen molar-refractivity contribution in [3.63, 3.8) is 0 Å². The first kappa shape index (κ1) is 9.44. The van der Waals surface area contributed by atoms with Crippen LogP contribution < -0.4 is 5.32 Å². The maximum Gasteiger partial charge on any atom is 0.111 e. The molecule has 0 aromatic heterocycles. The van der Waals surface area contributed by atoms with Crippen LogP contribution in [0.5, 0.6) is 0 Å². The van der Waals surface area contributed by atoms with E-state index in [-0.39, 0.29) is 0 Å². The van der Waals surface area contributed by atoms with Gasteiger partial charge in [-0.2, -0.15) is 0 Å². The molecule has 3 nitrogen and oxygen atoms in total.